The summed E-state index contributed by atoms with van der Waals surface area (Å²) in [4.78, 5) is 11.0. The number of hydrogen-bond acceptors (Lipinski definition) is 2. The molecule has 1 N–H and O–H groups in total. The lowest BCUT2D eigenvalue weighted by Gasteiger charge is -1.98. The standard InChI is InChI=1S/C8H4BrFN2O/c9-6-3-5(1-2-7(6)10)8(13)12-4-11/h1-3H,(H,12,13). The highest BCUT2D eigenvalue weighted by molar-refractivity contribution is 9.10. The van der Waals surface area contributed by atoms with Crippen molar-refractivity contribution in [3.8, 4) is 6.19 Å². The van der Waals surface area contributed by atoms with Gasteiger partial charge in [0, 0.05) is 5.56 Å². The van der Waals surface area contributed by atoms with Crippen LogP contribution in [0.15, 0.2) is 22.7 Å². The van der Waals surface area contributed by atoms with E-state index in [9.17, 15) is 9.18 Å². The fraction of sp³-hybridized carbons (Fsp3) is 0. The summed E-state index contributed by atoms with van der Waals surface area (Å²) in [5, 5.41) is 10.1. The monoisotopic (exact) mass is 242 g/mol. The molecule has 5 heteroatoms. The van der Waals surface area contributed by atoms with Crippen LogP contribution in [0.25, 0.3) is 0 Å². The number of nitrogens with one attached hydrogen (secondary N) is 1. The minimum Gasteiger partial charge on any atom is -0.268 e. The van der Waals surface area contributed by atoms with Gasteiger partial charge >= 0.3 is 0 Å². The Hall–Kier alpha value is -1.41. The average Bonchev–Trinajstić information content (AvgIpc) is 2.10. The molecule has 1 amide bonds. The summed E-state index contributed by atoms with van der Waals surface area (Å²) in [6, 6.07) is 3.76. The van der Waals surface area contributed by atoms with E-state index in [4.69, 9.17) is 5.26 Å². The molecular weight excluding hydrogens is 239 g/mol. The van der Waals surface area contributed by atoms with Gasteiger partial charge in [0.15, 0.2) is 6.19 Å². The fourth-order valence-corrected chi connectivity index (χ4v) is 1.14. The Morgan fingerprint density at radius 2 is 2.31 bits per heavy atom. The molecule has 66 valence electrons. The number of rotatable bonds is 1. The number of nitriles is 1. The minimum atomic E-state index is -0.553. The predicted octanol–water partition coefficient (Wildman–Crippen LogP) is 1.80. The number of hydrogen-bond donors (Lipinski definition) is 1. The zero-order valence-corrected chi connectivity index (χ0v) is 7.93. The largest absolute Gasteiger partial charge is 0.268 e. The van der Waals surface area contributed by atoms with Gasteiger partial charge in [-0.25, -0.2) is 4.39 Å². The molecule has 0 saturated heterocycles. The molecule has 1 aromatic carbocycles. The van der Waals surface area contributed by atoms with Crippen LogP contribution in [0.1, 0.15) is 10.4 Å². The lowest BCUT2D eigenvalue weighted by atomic mass is 10.2. The Labute approximate surface area is 82.3 Å². The third kappa shape index (κ3) is 2.26. The lowest BCUT2D eigenvalue weighted by molar-refractivity contribution is 0.0973. The van der Waals surface area contributed by atoms with Gasteiger partial charge in [0.25, 0.3) is 5.91 Å². The van der Waals surface area contributed by atoms with Gasteiger partial charge in [-0.2, -0.15) is 5.26 Å². The van der Waals surface area contributed by atoms with Gasteiger partial charge in [-0.1, -0.05) is 0 Å². The average molecular weight is 243 g/mol. The molecule has 0 radical (unpaired) electrons. The van der Waals surface area contributed by atoms with Crippen molar-refractivity contribution in [3.05, 3.63) is 34.1 Å². The van der Waals surface area contributed by atoms with E-state index >= 15 is 0 Å². The van der Waals surface area contributed by atoms with Crippen LogP contribution < -0.4 is 5.32 Å². The van der Waals surface area contributed by atoms with Gasteiger partial charge in [-0.05, 0) is 34.1 Å². The van der Waals surface area contributed by atoms with Crippen molar-refractivity contribution in [3.63, 3.8) is 0 Å². The molecule has 0 aromatic heterocycles. The Morgan fingerprint density at radius 1 is 1.62 bits per heavy atom. The third-order valence-corrected chi connectivity index (χ3v) is 1.96. The third-order valence-electron chi connectivity index (χ3n) is 1.35. The van der Waals surface area contributed by atoms with E-state index in [1.165, 1.54) is 18.3 Å². The summed E-state index contributed by atoms with van der Waals surface area (Å²) in [5.41, 5.74) is 0.231. The van der Waals surface area contributed by atoms with E-state index in [0.717, 1.165) is 6.07 Å². The van der Waals surface area contributed by atoms with E-state index < -0.39 is 11.7 Å². The molecule has 1 rings (SSSR count). The van der Waals surface area contributed by atoms with Crippen molar-refractivity contribution in [1.82, 2.24) is 5.32 Å². The number of carbonyl (C=O) groups excluding carboxylic acids is 1. The van der Waals surface area contributed by atoms with Crippen LogP contribution in [0.5, 0.6) is 0 Å². The summed E-state index contributed by atoms with van der Waals surface area (Å²) in [7, 11) is 0. The van der Waals surface area contributed by atoms with Crippen molar-refractivity contribution in [2.75, 3.05) is 0 Å². The number of amides is 1. The maximum Gasteiger partial charge on any atom is 0.264 e. The molecule has 0 bridgehead atoms. The van der Waals surface area contributed by atoms with E-state index in [-0.39, 0.29) is 10.0 Å². The summed E-state index contributed by atoms with van der Waals surface area (Å²) in [6.07, 6.45) is 1.49. The highest BCUT2D eigenvalue weighted by Gasteiger charge is 2.06. The molecule has 0 aliphatic carbocycles. The highest BCUT2D eigenvalue weighted by atomic mass is 79.9. The number of benzene rings is 1. The first-order valence-electron chi connectivity index (χ1n) is 3.29. The number of halogens is 2. The second kappa shape index (κ2) is 4.01. The minimum absolute atomic E-state index is 0.193. The zero-order chi connectivity index (χ0) is 9.84. The molecule has 0 spiro atoms. The van der Waals surface area contributed by atoms with Crippen LogP contribution in [0.2, 0.25) is 0 Å². The SMILES string of the molecule is N#CNC(=O)c1ccc(F)c(Br)c1. The quantitative estimate of drug-likeness (QED) is 0.603. The van der Waals surface area contributed by atoms with Gasteiger partial charge in [0.05, 0.1) is 4.47 Å². The molecule has 3 nitrogen and oxygen atoms in total. The molecule has 0 saturated carbocycles. The Kier molecular flexibility index (Phi) is 2.98. The molecule has 0 atom stereocenters. The van der Waals surface area contributed by atoms with Gasteiger partial charge < -0.3 is 0 Å². The Bertz CT molecular complexity index is 386. The fourth-order valence-electron chi connectivity index (χ4n) is 0.760. The van der Waals surface area contributed by atoms with Crippen molar-refractivity contribution in [1.29, 1.82) is 5.26 Å². The van der Waals surface area contributed by atoms with E-state index in [2.05, 4.69) is 15.9 Å². The maximum atomic E-state index is 12.7. The molecular formula is C8H4BrFN2O. The van der Waals surface area contributed by atoms with Crippen LogP contribution in [0.4, 0.5) is 4.39 Å². The number of carbonyl (C=O) groups is 1. The van der Waals surface area contributed by atoms with Crippen molar-refractivity contribution in [2.24, 2.45) is 0 Å². The van der Waals surface area contributed by atoms with Crippen molar-refractivity contribution < 1.29 is 9.18 Å². The van der Waals surface area contributed by atoms with Crippen LogP contribution in [0, 0.1) is 17.3 Å². The summed E-state index contributed by atoms with van der Waals surface area (Å²) < 4.78 is 12.9. The van der Waals surface area contributed by atoms with Gasteiger partial charge in [0.1, 0.15) is 5.82 Å². The molecule has 1 aromatic rings. The predicted molar refractivity (Wildman–Crippen MR) is 47.2 cm³/mol. The summed E-state index contributed by atoms with van der Waals surface area (Å²) >= 11 is 2.93. The van der Waals surface area contributed by atoms with Gasteiger partial charge in [-0.15, -0.1) is 0 Å². The first-order valence-corrected chi connectivity index (χ1v) is 4.09. The first kappa shape index (κ1) is 9.68. The van der Waals surface area contributed by atoms with Crippen LogP contribution >= 0.6 is 15.9 Å². The van der Waals surface area contributed by atoms with E-state index in [1.54, 1.807) is 0 Å². The van der Waals surface area contributed by atoms with Crippen LogP contribution in [-0.4, -0.2) is 5.91 Å². The van der Waals surface area contributed by atoms with Gasteiger partial charge in [0.2, 0.25) is 0 Å². The van der Waals surface area contributed by atoms with Crippen LogP contribution in [-0.2, 0) is 0 Å². The molecule has 0 unspecified atom stereocenters. The molecule has 13 heavy (non-hydrogen) atoms. The van der Waals surface area contributed by atoms with Gasteiger partial charge in [-0.3, -0.25) is 10.1 Å². The topological polar surface area (TPSA) is 52.9 Å². The van der Waals surface area contributed by atoms with Crippen molar-refractivity contribution in [2.45, 2.75) is 0 Å². The second-order valence-electron chi connectivity index (χ2n) is 2.19. The Morgan fingerprint density at radius 3 is 2.85 bits per heavy atom. The van der Waals surface area contributed by atoms with E-state index in [0.29, 0.717) is 0 Å². The van der Waals surface area contributed by atoms with E-state index in [1.807, 2.05) is 5.32 Å². The maximum absolute atomic E-state index is 12.7. The summed E-state index contributed by atoms with van der Waals surface area (Å²) in [5.74, 6) is -1.00. The number of nitrogens with zero attached hydrogens (tertiary/aromatic N) is 1. The summed E-state index contributed by atoms with van der Waals surface area (Å²) in [6.45, 7) is 0. The molecule has 0 heterocycles. The lowest BCUT2D eigenvalue weighted by Crippen LogP contribution is -2.17. The molecule has 0 aliphatic heterocycles. The smallest absolute Gasteiger partial charge is 0.264 e. The second-order valence-corrected chi connectivity index (χ2v) is 3.05. The van der Waals surface area contributed by atoms with Crippen molar-refractivity contribution >= 4 is 21.8 Å². The first-order chi connectivity index (χ1) is 6.15. The molecule has 0 fully saturated rings. The molecule has 0 aliphatic rings. The highest BCUT2D eigenvalue weighted by Crippen LogP contribution is 2.16. The zero-order valence-electron chi connectivity index (χ0n) is 6.34. The normalized spacial score (nSPS) is 9.00. The Balaban J connectivity index is 2.98. The van der Waals surface area contributed by atoms with Crippen LogP contribution in [0.3, 0.4) is 0 Å².